The van der Waals surface area contributed by atoms with Gasteiger partial charge in [-0.25, -0.2) is 0 Å². The molecular formula is C101H166N2O. The Kier molecular flexibility index (Phi) is 44.8. The van der Waals surface area contributed by atoms with Crippen molar-refractivity contribution in [3.8, 4) is 0 Å². The molecule has 1 fully saturated rings. The van der Waals surface area contributed by atoms with E-state index in [0.29, 0.717) is 58.2 Å². The molecule has 1 aliphatic heterocycles. The molecule has 3 nitrogen and oxygen atoms in total. The minimum absolute atomic E-state index is 0.0983. The smallest absolute Gasteiger partial charge is 0.251 e. The highest BCUT2D eigenvalue weighted by Gasteiger charge is 2.33. The van der Waals surface area contributed by atoms with Crippen LogP contribution in [0.5, 0.6) is 0 Å². The summed E-state index contributed by atoms with van der Waals surface area (Å²) in [6.45, 7) is 80.5. The Morgan fingerprint density at radius 2 is 0.788 bits per heavy atom. The molecule has 4 unspecified atom stereocenters. The summed E-state index contributed by atoms with van der Waals surface area (Å²) in [6, 6.07) is 39.4. The Bertz CT molecular complexity index is 3150. The minimum atomic E-state index is 0.0983. The molecule has 0 radical (unpaired) electrons. The molecule has 1 aromatic heterocycles. The Labute approximate surface area is 646 Å². The third-order valence-corrected chi connectivity index (χ3v) is 20.8. The number of benzene rings is 4. The molecule has 3 heteroatoms. The zero-order valence-electron chi connectivity index (χ0n) is 74.8. The van der Waals surface area contributed by atoms with E-state index in [4.69, 9.17) is 0 Å². The van der Waals surface area contributed by atoms with Crippen LogP contribution in [0.4, 0.5) is 0 Å². The van der Waals surface area contributed by atoms with Gasteiger partial charge in [-0.05, 0) is 238 Å². The van der Waals surface area contributed by atoms with Gasteiger partial charge in [0.1, 0.15) is 0 Å². The fourth-order valence-corrected chi connectivity index (χ4v) is 13.9. The lowest BCUT2D eigenvalue weighted by molar-refractivity contribution is 0.319. The number of allylic oxidation sites excluding steroid dienone is 6. The summed E-state index contributed by atoms with van der Waals surface area (Å²) in [7, 11) is 0. The first kappa shape index (κ1) is 96.7. The van der Waals surface area contributed by atoms with E-state index >= 15 is 0 Å². The molecular weight excluding hydrogens is 1260 g/mol. The molecule has 5 aliphatic rings. The van der Waals surface area contributed by atoms with Crippen LogP contribution < -0.4 is 5.56 Å². The number of nitrogens with zero attached hydrogens (tertiary/aromatic N) is 2. The Hall–Kier alpha value is -5.28. The number of aryl methyl sites for hydroxylation is 2. The molecule has 0 saturated heterocycles. The van der Waals surface area contributed by atoms with Gasteiger partial charge in [-0.15, -0.1) is 0 Å². The molecule has 0 N–H and O–H groups in total. The van der Waals surface area contributed by atoms with Gasteiger partial charge in [0.25, 0.3) is 5.56 Å². The maximum absolute atomic E-state index is 11.5. The van der Waals surface area contributed by atoms with Crippen molar-refractivity contribution in [2.45, 2.75) is 355 Å². The maximum atomic E-state index is 11.5. The lowest BCUT2D eigenvalue weighted by Crippen LogP contribution is -2.20. The number of aromatic nitrogens is 1. The second kappa shape index (κ2) is 48.2. The molecule has 4 aliphatic carbocycles. The summed E-state index contributed by atoms with van der Waals surface area (Å²) in [5.74, 6) is 12.7. The van der Waals surface area contributed by atoms with Gasteiger partial charge in [-0.1, -0.05) is 356 Å². The van der Waals surface area contributed by atoms with E-state index in [1.54, 1.807) is 38.5 Å². The molecule has 4 aromatic carbocycles. The molecule has 1 saturated carbocycles. The summed E-state index contributed by atoms with van der Waals surface area (Å²) >= 11 is 0. The second-order valence-corrected chi connectivity index (χ2v) is 38.2. The van der Waals surface area contributed by atoms with E-state index in [1.165, 1.54) is 90.6 Å². The van der Waals surface area contributed by atoms with Gasteiger partial charge in [-0.3, -0.25) is 9.79 Å². The van der Waals surface area contributed by atoms with Crippen molar-refractivity contribution in [2.75, 3.05) is 0 Å². The zero-order chi connectivity index (χ0) is 79.7. The van der Waals surface area contributed by atoms with Crippen molar-refractivity contribution in [1.29, 1.82) is 0 Å². The zero-order valence-corrected chi connectivity index (χ0v) is 74.8. The number of hydrogen-bond donors (Lipinski definition) is 0. The van der Waals surface area contributed by atoms with Crippen LogP contribution in [0, 0.1) is 70.0 Å². The SMILES string of the molecule is CC(C)(C)C1CCc2ccccc21.CC(C)(C)C1CCc2ccccc21.CC(C)C.CC(C)C.CC(C)C1=CCC(C(C)C)=C1.CC(C)C1=CCC(C(C)C)=N1.CC(C)C1CCC(C(C)C)C1.CC(C)c1cccc(C(C)C)c1.CC(C)c1ccccc1C(C)C.CC(C)c1ccn(C(C)C)c(=O)c1. The van der Waals surface area contributed by atoms with Gasteiger partial charge in [0, 0.05) is 36.1 Å². The molecule has 5 aromatic rings. The van der Waals surface area contributed by atoms with Crippen molar-refractivity contribution in [3.63, 3.8) is 0 Å². The first-order chi connectivity index (χ1) is 48.2. The van der Waals surface area contributed by atoms with Gasteiger partial charge >= 0.3 is 0 Å². The lowest BCUT2D eigenvalue weighted by Gasteiger charge is -2.27. The summed E-state index contributed by atoms with van der Waals surface area (Å²) in [6.07, 6.45) is 20.8. The van der Waals surface area contributed by atoms with E-state index < -0.39 is 0 Å². The van der Waals surface area contributed by atoms with Crippen molar-refractivity contribution >= 4 is 5.71 Å². The predicted octanol–water partition coefficient (Wildman–Crippen LogP) is 31.6. The topological polar surface area (TPSA) is 34.4 Å². The van der Waals surface area contributed by atoms with Crippen LogP contribution in [0.15, 0.2) is 160 Å². The van der Waals surface area contributed by atoms with Crippen LogP contribution >= 0.6 is 0 Å². The van der Waals surface area contributed by atoms with Crippen LogP contribution in [-0.4, -0.2) is 10.3 Å². The Morgan fingerprint density at radius 1 is 0.394 bits per heavy atom. The average molecular weight is 1420 g/mol. The average Bonchev–Trinajstić information content (AvgIpc) is 1.66. The van der Waals surface area contributed by atoms with Gasteiger partial charge in [0.05, 0.1) is 0 Å². The maximum Gasteiger partial charge on any atom is 0.251 e. The Balaban J connectivity index is 0.000000586. The number of aliphatic imine (C=N–C) groups is 1. The Morgan fingerprint density at radius 3 is 1.07 bits per heavy atom. The van der Waals surface area contributed by atoms with E-state index in [0.717, 1.165) is 65.2 Å². The minimum Gasteiger partial charge on any atom is -0.313 e. The van der Waals surface area contributed by atoms with Gasteiger partial charge in [0.2, 0.25) is 0 Å². The normalized spacial score (nSPS) is 17.2. The van der Waals surface area contributed by atoms with Gasteiger partial charge in [0.15, 0.2) is 0 Å². The monoisotopic (exact) mass is 1420 g/mol. The molecule has 104 heavy (non-hydrogen) atoms. The largest absolute Gasteiger partial charge is 0.313 e. The van der Waals surface area contributed by atoms with E-state index in [-0.39, 0.29) is 11.6 Å². The van der Waals surface area contributed by atoms with Gasteiger partial charge in [-0.2, -0.15) is 0 Å². The molecule has 10 rings (SSSR count). The van der Waals surface area contributed by atoms with Crippen LogP contribution in [-0.2, 0) is 12.8 Å². The van der Waals surface area contributed by atoms with Crippen molar-refractivity contribution in [3.05, 3.63) is 211 Å². The van der Waals surface area contributed by atoms with Crippen LogP contribution in [0.3, 0.4) is 0 Å². The number of rotatable bonds is 12. The number of pyridine rings is 1. The summed E-state index contributed by atoms with van der Waals surface area (Å²) in [5, 5.41) is 0. The number of fused-ring (bicyclic) bond motifs is 2. The van der Waals surface area contributed by atoms with Crippen molar-refractivity contribution in [2.24, 2.45) is 75.0 Å². The highest BCUT2D eigenvalue weighted by Crippen LogP contribution is 2.46. The van der Waals surface area contributed by atoms with Gasteiger partial charge < -0.3 is 4.57 Å². The lowest BCUT2D eigenvalue weighted by atomic mass is 9.77. The summed E-state index contributed by atoms with van der Waals surface area (Å²) in [4.78, 5) is 16.1. The summed E-state index contributed by atoms with van der Waals surface area (Å²) < 4.78 is 1.74. The molecule has 4 atom stereocenters. The molecule has 0 amide bonds. The first-order valence-corrected chi connectivity index (χ1v) is 42.0. The van der Waals surface area contributed by atoms with Crippen molar-refractivity contribution in [1.82, 2.24) is 4.57 Å². The van der Waals surface area contributed by atoms with Crippen LogP contribution in [0.25, 0.3) is 0 Å². The van der Waals surface area contributed by atoms with E-state index in [1.807, 2.05) is 26.1 Å². The second-order valence-electron chi connectivity index (χ2n) is 38.2. The molecule has 2 heterocycles. The first-order valence-electron chi connectivity index (χ1n) is 42.0. The molecule has 0 spiro atoms. The van der Waals surface area contributed by atoms with E-state index in [2.05, 4.69) is 356 Å². The molecule has 0 bridgehead atoms. The summed E-state index contributed by atoms with van der Waals surface area (Å²) in [5.41, 5.74) is 20.0. The highest BCUT2D eigenvalue weighted by molar-refractivity contribution is 5.90. The van der Waals surface area contributed by atoms with E-state index in [9.17, 15) is 4.79 Å². The number of hydrogen-bond acceptors (Lipinski definition) is 2. The quantitative estimate of drug-likeness (QED) is 0.123. The third kappa shape index (κ3) is 36.5. The fourth-order valence-electron chi connectivity index (χ4n) is 13.9. The fraction of sp³-hybridized carbons (Fsp3) is 0.644. The van der Waals surface area contributed by atoms with Crippen molar-refractivity contribution < 1.29 is 0 Å². The predicted molar refractivity (Wildman–Crippen MR) is 470 cm³/mol. The van der Waals surface area contributed by atoms with Crippen LogP contribution in [0.1, 0.15) is 392 Å². The highest BCUT2D eigenvalue weighted by atomic mass is 16.1. The third-order valence-electron chi connectivity index (χ3n) is 20.8. The molecule has 586 valence electrons. The van der Waals surface area contributed by atoms with Crippen LogP contribution in [0.2, 0.25) is 0 Å². The standard InChI is InChI=1S/2C13H18.2C12H18.C11H17NO.C11H22.C11H18.C10H17N.2C4H10/c2*1-13(2,3)12-9-8-10-6-4-5-7-11(10)12;1-9(2)11-6-5-7-12(8-11)10(3)4;1-9(2)11-7-5-6-8-12(11)10(3)4;1-8(2)10-5-6-12(9(3)4)11(13)7-10;2*1-8(2)10-5-6-11(7-10)9(3)4;1-7(2)9-5-6-10(11-9)8(3)4;2*1-4(2)3/h2*4-7,12H,8-9H2,1-3H3;2*5-10H,1-4H3;5-9H,1-4H3;8-11H,5-7H2,1-4H3;5,7-9H,6H2,1-4H3;5,7-8H,6H2,1-4H3;2*4H,1-3H3.